The van der Waals surface area contributed by atoms with Crippen LogP contribution in [0.5, 0.6) is 0 Å². The molecule has 0 saturated carbocycles. The second kappa shape index (κ2) is 8.63. The highest BCUT2D eigenvalue weighted by Crippen LogP contribution is 2.02. The van der Waals surface area contributed by atoms with Crippen molar-refractivity contribution < 1.29 is 9.90 Å². The van der Waals surface area contributed by atoms with Crippen molar-refractivity contribution in [3.63, 3.8) is 0 Å². The summed E-state index contributed by atoms with van der Waals surface area (Å²) in [7, 11) is 0. The van der Waals surface area contributed by atoms with Gasteiger partial charge in [-0.25, -0.2) is 0 Å². The van der Waals surface area contributed by atoms with E-state index in [4.69, 9.17) is 5.11 Å². The topological polar surface area (TPSA) is 71.2 Å². The minimum absolute atomic E-state index is 0.172. The lowest BCUT2D eigenvalue weighted by Crippen LogP contribution is -2.30. The van der Waals surface area contributed by atoms with E-state index in [0.29, 0.717) is 19.4 Å². The zero-order valence-corrected chi connectivity index (χ0v) is 11.9. The summed E-state index contributed by atoms with van der Waals surface area (Å²) in [5.74, 6) is 0.200. The zero-order chi connectivity index (χ0) is 14.1. The molecule has 0 spiro atoms. The number of hydrogen-bond acceptors (Lipinski definition) is 4. The molecule has 1 aromatic heterocycles. The summed E-state index contributed by atoms with van der Waals surface area (Å²) in [5.41, 5.74) is 0.893. The van der Waals surface area contributed by atoms with Gasteiger partial charge in [0.2, 0.25) is 5.91 Å². The fourth-order valence-electron chi connectivity index (χ4n) is 1.95. The molecular weight excluding hydrogens is 244 g/mol. The number of aromatic nitrogens is 3. The van der Waals surface area contributed by atoms with Gasteiger partial charge in [-0.05, 0) is 33.1 Å². The molecule has 0 aliphatic heterocycles. The van der Waals surface area contributed by atoms with Gasteiger partial charge in [0.25, 0.3) is 0 Å². The Balaban J connectivity index is 2.29. The summed E-state index contributed by atoms with van der Waals surface area (Å²) in [5, 5.41) is 16.8. The van der Waals surface area contributed by atoms with Gasteiger partial charge in [0.15, 0.2) is 0 Å². The second-order valence-electron chi connectivity index (χ2n) is 4.47. The molecule has 0 radical (unpaired) electrons. The lowest BCUT2D eigenvalue weighted by Gasteiger charge is -2.18. The Bertz CT molecular complexity index is 374. The van der Waals surface area contributed by atoms with E-state index in [1.165, 1.54) is 0 Å². The first-order chi connectivity index (χ1) is 9.21. The zero-order valence-electron chi connectivity index (χ0n) is 11.9. The molecule has 0 unspecified atom stereocenters. The number of aliphatic hydroxyl groups excluding tert-OH is 1. The van der Waals surface area contributed by atoms with Gasteiger partial charge in [-0.2, -0.15) is 0 Å². The van der Waals surface area contributed by atoms with Crippen molar-refractivity contribution in [3.8, 4) is 0 Å². The maximum Gasteiger partial charge on any atom is 0.222 e. The van der Waals surface area contributed by atoms with Crippen LogP contribution >= 0.6 is 0 Å². The van der Waals surface area contributed by atoms with E-state index in [9.17, 15) is 4.79 Å². The maximum absolute atomic E-state index is 11.8. The van der Waals surface area contributed by atoms with E-state index in [2.05, 4.69) is 10.3 Å². The van der Waals surface area contributed by atoms with Crippen molar-refractivity contribution >= 4 is 5.91 Å². The number of nitrogens with zero attached hydrogens (tertiary/aromatic N) is 4. The molecule has 108 valence electrons. The number of rotatable bonds is 9. The second-order valence-corrected chi connectivity index (χ2v) is 4.47. The predicted molar refractivity (Wildman–Crippen MR) is 72.6 cm³/mol. The number of aliphatic hydroxyl groups is 1. The number of carbonyl (C=O) groups is 1. The lowest BCUT2D eigenvalue weighted by atomic mass is 10.2. The maximum atomic E-state index is 11.8. The van der Waals surface area contributed by atoms with Crippen LogP contribution in [0, 0.1) is 0 Å². The number of carbonyl (C=O) groups excluding carboxylic acids is 1. The van der Waals surface area contributed by atoms with Crippen molar-refractivity contribution in [1.82, 2.24) is 19.9 Å². The van der Waals surface area contributed by atoms with Crippen LogP contribution in [0.3, 0.4) is 0 Å². The number of hydrogen-bond donors (Lipinski definition) is 1. The molecule has 6 nitrogen and oxygen atoms in total. The third-order valence-electron chi connectivity index (χ3n) is 3.07. The molecule has 0 saturated heterocycles. The van der Waals surface area contributed by atoms with Crippen LogP contribution in [-0.2, 0) is 17.8 Å². The molecule has 0 aromatic carbocycles. The first-order valence-corrected chi connectivity index (χ1v) is 6.98. The van der Waals surface area contributed by atoms with Crippen molar-refractivity contribution in [2.45, 2.75) is 46.1 Å². The Morgan fingerprint density at radius 3 is 2.74 bits per heavy atom. The van der Waals surface area contributed by atoms with Crippen molar-refractivity contribution in [1.29, 1.82) is 0 Å². The summed E-state index contributed by atoms with van der Waals surface area (Å²) in [6.45, 7) is 6.40. The van der Waals surface area contributed by atoms with Gasteiger partial charge in [-0.3, -0.25) is 9.48 Å². The summed E-state index contributed by atoms with van der Waals surface area (Å²) < 4.78 is 1.77. The number of aryl methyl sites for hydroxylation is 2. The molecule has 19 heavy (non-hydrogen) atoms. The minimum Gasteiger partial charge on any atom is -0.396 e. The molecule has 0 bridgehead atoms. The predicted octanol–water partition coefficient (Wildman–Crippen LogP) is 0.852. The molecular formula is C13H24N4O2. The van der Waals surface area contributed by atoms with Crippen LogP contribution in [0.2, 0.25) is 0 Å². The van der Waals surface area contributed by atoms with Gasteiger partial charge in [0.05, 0.1) is 5.69 Å². The first-order valence-electron chi connectivity index (χ1n) is 6.98. The van der Waals surface area contributed by atoms with E-state index in [0.717, 1.165) is 31.6 Å². The lowest BCUT2D eigenvalue weighted by molar-refractivity contribution is -0.130. The molecule has 1 aromatic rings. The molecule has 0 aliphatic rings. The quantitative estimate of drug-likeness (QED) is 0.721. The van der Waals surface area contributed by atoms with Crippen LogP contribution in [-0.4, -0.2) is 50.6 Å². The number of amides is 1. The van der Waals surface area contributed by atoms with Gasteiger partial charge in [0.1, 0.15) is 0 Å². The standard InChI is InChI=1S/C13H24N4O2/c1-3-16(4-2)13(19)8-5-9-17-11-12(14-15-17)7-6-10-18/h11,18H,3-10H2,1-2H3. The Kier molecular flexibility index (Phi) is 7.10. The minimum atomic E-state index is 0.172. The van der Waals surface area contributed by atoms with E-state index in [-0.39, 0.29) is 12.5 Å². The highest BCUT2D eigenvalue weighted by Gasteiger charge is 2.09. The van der Waals surface area contributed by atoms with E-state index in [1.807, 2.05) is 24.9 Å². The van der Waals surface area contributed by atoms with Crippen LogP contribution < -0.4 is 0 Å². The van der Waals surface area contributed by atoms with Gasteiger partial charge in [-0.1, -0.05) is 5.21 Å². The SMILES string of the molecule is CCN(CC)C(=O)CCCn1cc(CCCO)nn1. The molecule has 1 N–H and O–H groups in total. The van der Waals surface area contributed by atoms with Crippen LogP contribution in [0.1, 0.15) is 38.8 Å². The van der Waals surface area contributed by atoms with Gasteiger partial charge >= 0.3 is 0 Å². The molecule has 0 atom stereocenters. The van der Waals surface area contributed by atoms with Gasteiger partial charge in [0, 0.05) is 38.9 Å². The first kappa shape index (κ1) is 15.6. The summed E-state index contributed by atoms with van der Waals surface area (Å²) in [6, 6.07) is 0. The Hall–Kier alpha value is -1.43. The monoisotopic (exact) mass is 268 g/mol. The smallest absolute Gasteiger partial charge is 0.222 e. The molecule has 6 heteroatoms. The van der Waals surface area contributed by atoms with Crippen LogP contribution in [0.4, 0.5) is 0 Å². The van der Waals surface area contributed by atoms with Crippen molar-refractivity contribution in [3.05, 3.63) is 11.9 Å². The highest BCUT2D eigenvalue weighted by atomic mass is 16.2. The van der Waals surface area contributed by atoms with Gasteiger partial charge < -0.3 is 10.0 Å². The van der Waals surface area contributed by atoms with E-state index in [1.54, 1.807) is 4.68 Å². The fraction of sp³-hybridized carbons (Fsp3) is 0.769. The summed E-state index contributed by atoms with van der Waals surface area (Å²) >= 11 is 0. The largest absolute Gasteiger partial charge is 0.396 e. The Morgan fingerprint density at radius 1 is 1.37 bits per heavy atom. The normalized spacial score (nSPS) is 10.7. The van der Waals surface area contributed by atoms with Crippen LogP contribution in [0.15, 0.2) is 6.20 Å². The van der Waals surface area contributed by atoms with E-state index < -0.39 is 0 Å². The fourth-order valence-corrected chi connectivity index (χ4v) is 1.95. The molecule has 0 fully saturated rings. The molecule has 1 rings (SSSR count). The third kappa shape index (κ3) is 5.38. The third-order valence-corrected chi connectivity index (χ3v) is 3.07. The van der Waals surface area contributed by atoms with E-state index >= 15 is 0 Å². The Labute approximate surface area is 114 Å². The van der Waals surface area contributed by atoms with Crippen molar-refractivity contribution in [2.75, 3.05) is 19.7 Å². The highest BCUT2D eigenvalue weighted by molar-refractivity contribution is 5.75. The van der Waals surface area contributed by atoms with Gasteiger partial charge in [-0.15, -0.1) is 5.10 Å². The molecule has 0 aliphatic carbocycles. The average Bonchev–Trinajstić information content (AvgIpc) is 2.85. The summed E-state index contributed by atoms with van der Waals surface area (Å²) in [6.07, 6.45) is 4.66. The summed E-state index contributed by atoms with van der Waals surface area (Å²) in [4.78, 5) is 13.6. The van der Waals surface area contributed by atoms with Crippen molar-refractivity contribution in [2.24, 2.45) is 0 Å². The molecule has 1 amide bonds. The van der Waals surface area contributed by atoms with Crippen LogP contribution in [0.25, 0.3) is 0 Å². The molecule has 1 heterocycles. The Morgan fingerprint density at radius 2 is 2.11 bits per heavy atom. The average molecular weight is 268 g/mol.